The van der Waals surface area contributed by atoms with Gasteiger partial charge in [0.2, 0.25) is 0 Å². The fourth-order valence-corrected chi connectivity index (χ4v) is 7.61. The number of hydrogen-bond donors (Lipinski definition) is 0. The highest BCUT2D eigenvalue weighted by Crippen LogP contribution is 2.54. The van der Waals surface area contributed by atoms with Crippen molar-refractivity contribution in [2.45, 2.75) is 166 Å². The fraction of sp³-hybridized carbons (Fsp3) is 0.500. The van der Waals surface area contributed by atoms with Gasteiger partial charge in [-0.1, -0.05) is 119 Å². The molecule has 1 atom stereocenters. The lowest BCUT2D eigenvalue weighted by Gasteiger charge is -2.33. The molecule has 0 aromatic heterocycles. The summed E-state index contributed by atoms with van der Waals surface area (Å²) in [6, 6.07) is 19.0. The molecule has 4 rings (SSSR count). The van der Waals surface area contributed by atoms with Crippen LogP contribution in [-0.4, -0.2) is 11.8 Å². The number of ether oxygens (including phenoxy) is 2. The van der Waals surface area contributed by atoms with Crippen LogP contribution in [0.15, 0.2) is 54.6 Å². The highest BCUT2D eigenvalue weighted by atomic mass is 31.2. The third kappa shape index (κ3) is 11.6. The molecule has 57 heavy (non-hydrogen) atoms. The lowest BCUT2D eigenvalue weighted by molar-refractivity contribution is 0.0204. The van der Waals surface area contributed by atoms with Crippen LogP contribution in [0.25, 0.3) is 11.1 Å². The van der Waals surface area contributed by atoms with Crippen molar-refractivity contribution in [2.75, 3.05) is 0 Å². The van der Waals surface area contributed by atoms with E-state index in [1.54, 1.807) is 0 Å². The molecule has 0 amide bonds. The van der Waals surface area contributed by atoms with E-state index in [2.05, 4.69) is 146 Å². The highest BCUT2D eigenvalue weighted by molar-refractivity contribution is 7.43. The van der Waals surface area contributed by atoms with Crippen molar-refractivity contribution in [1.29, 1.82) is 0 Å². The minimum Gasteiger partial charge on any atom is -0.428 e. The molecule has 0 saturated heterocycles. The van der Waals surface area contributed by atoms with E-state index in [0.29, 0.717) is 23.0 Å². The first kappa shape index (κ1) is 45.7. The lowest BCUT2D eigenvalue weighted by Crippen LogP contribution is -2.27. The predicted molar refractivity (Wildman–Crippen MR) is 239 cm³/mol. The summed E-state index contributed by atoms with van der Waals surface area (Å²) in [5.74, 6) is 2.41. The molecule has 4 aromatic rings. The lowest BCUT2D eigenvalue weighted by atomic mass is 9.75. The Labute approximate surface area is 346 Å². The van der Waals surface area contributed by atoms with Gasteiger partial charge < -0.3 is 23.0 Å². The molecule has 1 unspecified atom stereocenters. The number of rotatable bonds is 8. The number of hydrogen-bond acceptors (Lipinski definition) is 6. The molecule has 0 aliphatic heterocycles. The maximum atomic E-state index is 13.7. The van der Waals surface area contributed by atoms with Crippen molar-refractivity contribution in [3.8, 4) is 34.1 Å². The average molecular weight is 797 g/mol. The van der Waals surface area contributed by atoms with Gasteiger partial charge in [-0.25, -0.2) is 4.79 Å². The minimum atomic E-state index is -2.10. The van der Waals surface area contributed by atoms with E-state index in [1.165, 1.54) is 5.56 Å². The molecule has 0 spiro atoms. The molecule has 4 aromatic carbocycles. The predicted octanol–water partition coefficient (Wildman–Crippen LogP) is 15.2. The van der Waals surface area contributed by atoms with Gasteiger partial charge in [-0.05, 0) is 135 Å². The van der Waals surface area contributed by atoms with Gasteiger partial charge in [0, 0.05) is 22.3 Å². The van der Waals surface area contributed by atoms with Gasteiger partial charge >= 0.3 is 14.8 Å². The van der Waals surface area contributed by atoms with Gasteiger partial charge in [0.1, 0.15) is 28.6 Å². The van der Waals surface area contributed by atoms with E-state index < -0.39 is 25.8 Å². The molecule has 7 heteroatoms. The number of benzene rings is 4. The molecule has 0 N–H and O–H groups in total. The Hall–Kier alpha value is -4.02. The van der Waals surface area contributed by atoms with Gasteiger partial charge in [0.25, 0.3) is 0 Å². The molecule has 0 saturated carbocycles. The van der Waals surface area contributed by atoms with E-state index in [4.69, 9.17) is 23.0 Å². The molecule has 0 aliphatic rings. The zero-order chi connectivity index (χ0) is 43.2. The summed E-state index contributed by atoms with van der Waals surface area (Å²) in [6.07, 6.45) is -0.766. The van der Waals surface area contributed by atoms with Crippen LogP contribution in [0.3, 0.4) is 0 Å². The van der Waals surface area contributed by atoms with Gasteiger partial charge in [0.05, 0.1) is 0 Å². The number of carbonyl (C=O) groups excluding carboxylic acids is 1. The quantitative estimate of drug-likeness (QED) is 0.101. The van der Waals surface area contributed by atoms with Gasteiger partial charge in [-0.2, -0.15) is 0 Å². The summed E-state index contributed by atoms with van der Waals surface area (Å²) < 4.78 is 33.1. The van der Waals surface area contributed by atoms with Crippen LogP contribution in [0.5, 0.6) is 23.0 Å². The van der Waals surface area contributed by atoms with Gasteiger partial charge in [0.15, 0.2) is 0 Å². The van der Waals surface area contributed by atoms with Crippen molar-refractivity contribution in [1.82, 2.24) is 0 Å². The molecule has 0 heterocycles. The zero-order valence-electron chi connectivity index (χ0n) is 38.6. The summed E-state index contributed by atoms with van der Waals surface area (Å²) in [7, 11) is -2.10. The molecule has 0 aliphatic carbocycles. The van der Waals surface area contributed by atoms with E-state index >= 15 is 0 Å². The van der Waals surface area contributed by atoms with Crippen molar-refractivity contribution >= 4 is 14.8 Å². The normalized spacial score (nSPS) is 13.3. The minimum absolute atomic E-state index is 0.235. The SMILES string of the molecule is Cc1ccc(OP(Oc2cc(C)c(C)cc2C)Oc2c(-c3cc(C(C)(C)C)cc(C(C)(C)C)c3OC(=O)OC(C)(C)C)cc(C(C)(C)C)cc2C(C)(C)C)c(C)c1. The average Bonchev–Trinajstić information content (AvgIpc) is 3.02. The van der Waals surface area contributed by atoms with Crippen molar-refractivity contribution in [3.05, 3.63) is 105 Å². The number of carbonyl (C=O) groups is 1. The van der Waals surface area contributed by atoms with Crippen molar-refractivity contribution in [3.63, 3.8) is 0 Å². The first-order valence-electron chi connectivity index (χ1n) is 20.1. The van der Waals surface area contributed by atoms with Crippen LogP contribution in [0.2, 0.25) is 0 Å². The maximum absolute atomic E-state index is 13.7. The van der Waals surface area contributed by atoms with Crippen LogP contribution in [0.4, 0.5) is 4.79 Å². The molecule has 0 radical (unpaired) electrons. The Kier molecular flexibility index (Phi) is 13.1. The Morgan fingerprint density at radius 1 is 0.474 bits per heavy atom. The monoisotopic (exact) mass is 796 g/mol. The van der Waals surface area contributed by atoms with E-state index in [9.17, 15) is 4.79 Å². The standard InChI is InChI=1S/C50H69O6P/c1-30-21-22-41(33(4)23-30)54-57(55-42-25-32(3)31(2)24-34(42)5)56-44-38(27-36(47(9,10)11)29-40(44)49(15,16)17)37-26-35(46(6,7)8)28-39(48(12,13)14)43(37)52-45(51)53-50(18,19)20/h21-29H,1-20H3. The highest BCUT2D eigenvalue weighted by Gasteiger charge is 2.35. The largest absolute Gasteiger partial charge is 0.530 e. The molecular weight excluding hydrogens is 728 g/mol. The molecule has 6 nitrogen and oxygen atoms in total. The fourth-order valence-electron chi connectivity index (χ4n) is 6.43. The molecule has 0 bridgehead atoms. The Morgan fingerprint density at radius 3 is 1.40 bits per heavy atom. The van der Waals surface area contributed by atoms with E-state index in [-0.39, 0.29) is 16.2 Å². The van der Waals surface area contributed by atoms with Crippen LogP contribution in [0.1, 0.15) is 154 Å². The summed E-state index contributed by atoms with van der Waals surface area (Å²) in [6.45, 7) is 42.1. The van der Waals surface area contributed by atoms with Gasteiger partial charge in [-0.3, -0.25) is 0 Å². The van der Waals surface area contributed by atoms with Gasteiger partial charge in [-0.15, -0.1) is 0 Å². The number of aryl methyl sites for hydroxylation is 5. The molecule has 0 fully saturated rings. The van der Waals surface area contributed by atoms with Crippen LogP contribution < -0.4 is 18.3 Å². The molecular formula is C50H69O6P. The zero-order valence-corrected chi connectivity index (χ0v) is 39.5. The summed E-state index contributed by atoms with van der Waals surface area (Å²) in [4.78, 5) is 13.7. The van der Waals surface area contributed by atoms with Crippen LogP contribution in [0, 0.1) is 34.6 Å². The maximum Gasteiger partial charge on any atom is 0.530 e. The Morgan fingerprint density at radius 2 is 0.930 bits per heavy atom. The first-order chi connectivity index (χ1) is 25.8. The smallest absolute Gasteiger partial charge is 0.428 e. The topological polar surface area (TPSA) is 63.2 Å². The van der Waals surface area contributed by atoms with E-state index in [0.717, 1.165) is 55.6 Å². The second-order valence-electron chi connectivity index (χ2n) is 20.8. The van der Waals surface area contributed by atoms with Crippen LogP contribution >= 0.6 is 8.60 Å². The van der Waals surface area contributed by atoms with Crippen molar-refractivity contribution < 1.29 is 27.8 Å². The Bertz CT molecular complexity index is 2110. The summed E-state index contributed by atoms with van der Waals surface area (Å²) >= 11 is 0. The summed E-state index contributed by atoms with van der Waals surface area (Å²) in [5.41, 5.74) is 8.95. The second-order valence-corrected chi connectivity index (χ2v) is 21.8. The third-order valence-electron chi connectivity index (χ3n) is 10.0. The third-order valence-corrected chi connectivity index (χ3v) is 11.0. The second kappa shape index (κ2) is 16.3. The van der Waals surface area contributed by atoms with E-state index in [1.807, 2.05) is 46.8 Å². The summed E-state index contributed by atoms with van der Waals surface area (Å²) in [5, 5.41) is 0. The van der Waals surface area contributed by atoms with Crippen LogP contribution in [-0.2, 0) is 26.4 Å². The first-order valence-corrected chi connectivity index (χ1v) is 21.2. The molecule has 310 valence electrons. The Balaban J connectivity index is 2.18. The van der Waals surface area contributed by atoms with Crippen molar-refractivity contribution in [2.24, 2.45) is 0 Å².